The number of carbonyl (C=O) groups is 2. The van der Waals surface area contributed by atoms with Crippen LogP contribution in [-0.2, 0) is 0 Å². The summed E-state index contributed by atoms with van der Waals surface area (Å²) < 4.78 is 0. The summed E-state index contributed by atoms with van der Waals surface area (Å²) in [5.74, 6) is -0.410. The number of fused-ring (bicyclic) bond motifs is 2. The molecule has 0 unspecified atom stereocenters. The minimum atomic E-state index is -0.205. The number of hydrogen-bond acceptors (Lipinski definition) is 5. The van der Waals surface area contributed by atoms with Crippen molar-refractivity contribution in [1.82, 2.24) is 0 Å². The van der Waals surface area contributed by atoms with Gasteiger partial charge in [-0.05, 0) is 81.7 Å². The van der Waals surface area contributed by atoms with E-state index < -0.39 is 0 Å². The number of thiophene rings is 2. The van der Waals surface area contributed by atoms with Crippen LogP contribution in [0.2, 0.25) is 0 Å². The SMILES string of the molecule is O=C1C(=Cc2ccc(N(c3cccs3)c3cccs3)cc2)C(=O)c2cc3ccccc3cc21. The van der Waals surface area contributed by atoms with Crippen molar-refractivity contribution in [1.29, 1.82) is 0 Å². The highest BCUT2D eigenvalue weighted by molar-refractivity contribution is 7.16. The van der Waals surface area contributed by atoms with Crippen LogP contribution in [0.3, 0.4) is 0 Å². The van der Waals surface area contributed by atoms with Gasteiger partial charge in [-0.3, -0.25) is 14.5 Å². The van der Waals surface area contributed by atoms with Gasteiger partial charge in [0.1, 0.15) is 10.0 Å². The van der Waals surface area contributed by atoms with Crippen LogP contribution in [0.4, 0.5) is 15.7 Å². The largest absolute Gasteiger partial charge is 0.293 e. The summed E-state index contributed by atoms with van der Waals surface area (Å²) in [6.45, 7) is 0. The zero-order valence-corrected chi connectivity index (χ0v) is 19.0. The smallest absolute Gasteiger partial charge is 0.197 e. The van der Waals surface area contributed by atoms with Crippen molar-refractivity contribution in [3.05, 3.63) is 118 Å². The molecule has 6 rings (SSSR count). The lowest BCUT2D eigenvalue weighted by Gasteiger charge is -2.21. The molecule has 0 spiro atoms. The summed E-state index contributed by atoms with van der Waals surface area (Å²) in [5.41, 5.74) is 3.05. The van der Waals surface area contributed by atoms with E-state index in [1.165, 1.54) is 0 Å². The first-order valence-corrected chi connectivity index (χ1v) is 12.3. The monoisotopic (exact) mass is 463 g/mol. The second-order valence-corrected chi connectivity index (χ2v) is 9.64. The lowest BCUT2D eigenvalue weighted by atomic mass is 10.0. The Morgan fingerprint density at radius 3 is 1.67 bits per heavy atom. The molecule has 158 valence electrons. The van der Waals surface area contributed by atoms with E-state index in [4.69, 9.17) is 0 Å². The van der Waals surface area contributed by atoms with Crippen LogP contribution < -0.4 is 4.90 Å². The number of anilines is 3. The van der Waals surface area contributed by atoms with Crippen LogP contribution in [-0.4, -0.2) is 11.6 Å². The topological polar surface area (TPSA) is 37.4 Å². The Morgan fingerprint density at radius 2 is 1.18 bits per heavy atom. The van der Waals surface area contributed by atoms with E-state index in [0.29, 0.717) is 11.1 Å². The van der Waals surface area contributed by atoms with Gasteiger partial charge in [0.25, 0.3) is 0 Å². The van der Waals surface area contributed by atoms with Crippen molar-refractivity contribution in [3.8, 4) is 0 Å². The summed E-state index contributed by atoms with van der Waals surface area (Å²) in [5, 5.41) is 8.32. The standard InChI is InChI=1S/C28H17NO2S2/c30-27-22-16-19-5-1-2-6-20(19)17-23(22)28(31)24(27)15-18-9-11-21(12-10-18)29(25-7-3-13-32-25)26-8-4-14-33-26/h1-17H. The molecule has 0 aliphatic heterocycles. The zero-order valence-electron chi connectivity index (χ0n) is 17.4. The number of rotatable bonds is 4. The van der Waals surface area contributed by atoms with Gasteiger partial charge in [-0.15, -0.1) is 22.7 Å². The van der Waals surface area contributed by atoms with Gasteiger partial charge >= 0.3 is 0 Å². The van der Waals surface area contributed by atoms with E-state index in [-0.39, 0.29) is 17.1 Å². The lowest BCUT2D eigenvalue weighted by Crippen LogP contribution is -2.06. The Kier molecular flexibility index (Phi) is 4.79. The van der Waals surface area contributed by atoms with Gasteiger partial charge in [0.05, 0.1) is 5.57 Å². The zero-order chi connectivity index (χ0) is 22.4. The molecule has 0 amide bonds. The molecule has 2 aromatic heterocycles. The molecule has 5 aromatic rings. The van der Waals surface area contributed by atoms with Crippen LogP contribution in [0.1, 0.15) is 26.3 Å². The lowest BCUT2D eigenvalue weighted by molar-refractivity contribution is 0.0990. The average Bonchev–Trinajstić information content (AvgIpc) is 3.60. The summed E-state index contributed by atoms with van der Waals surface area (Å²) in [4.78, 5) is 28.3. The third-order valence-electron chi connectivity index (χ3n) is 5.78. The molecule has 0 bridgehead atoms. The molecule has 0 N–H and O–H groups in total. The van der Waals surface area contributed by atoms with Crippen molar-refractivity contribution < 1.29 is 9.59 Å². The molecule has 0 fully saturated rings. The highest BCUT2D eigenvalue weighted by Crippen LogP contribution is 2.40. The Balaban J connectivity index is 1.35. The van der Waals surface area contributed by atoms with Gasteiger partial charge in [0, 0.05) is 16.8 Å². The number of ketones is 2. The van der Waals surface area contributed by atoms with Crippen LogP contribution in [0, 0.1) is 0 Å². The van der Waals surface area contributed by atoms with Gasteiger partial charge in [-0.25, -0.2) is 0 Å². The molecule has 3 nitrogen and oxygen atoms in total. The number of Topliss-reactive ketones (excluding diaryl/α,β-unsaturated/α-hetero) is 2. The molecule has 1 aliphatic rings. The molecule has 33 heavy (non-hydrogen) atoms. The summed E-state index contributed by atoms with van der Waals surface area (Å²) in [6, 6.07) is 27.7. The molecule has 0 saturated carbocycles. The number of hydrogen-bond donors (Lipinski definition) is 0. The minimum absolute atomic E-state index is 0.205. The molecular formula is C28H17NO2S2. The molecule has 3 aromatic carbocycles. The number of carbonyl (C=O) groups excluding carboxylic acids is 2. The van der Waals surface area contributed by atoms with Gasteiger partial charge in [0.15, 0.2) is 11.6 Å². The van der Waals surface area contributed by atoms with E-state index in [2.05, 4.69) is 27.8 Å². The van der Waals surface area contributed by atoms with Crippen LogP contribution >= 0.6 is 22.7 Å². The fraction of sp³-hybridized carbons (Fsp3) is 0. The average molecular weight is 464 g/mol. The Hall–Kier alpha value is -3.80. The second kappa shape index (κ2) is 7.96. The highest BCUT2D eigenvalue weighted by Gasteiger charge is 2.33. The fourth-order valence-corrected chi connectivity index (χ4v) is 5.77. The first-order valence-electron chi connectivity index (χ1n) is 10.5. The summed E-state index contributed by atoms with van der Waals surface area (Å²) >= 11 is 3.36. The first kappa shape index (κ1) is 19.9. The maximum atomic E-state index is 13.0. The maximum absolute atomic E-state index is 13.0. The predicted octanol–water partition coefficient (Wildman–Crippen LogP) is 7.90. The second-order valence-electron chi connectivity index (χ2n) is 7.79. The Bertz CT molecular complexity index is 1440. The van der Waals surface area contributed by atoms with Gasteiger partial charge in [0.2, 0.25) is 0 Å². The molecule has 1 aliphatic carbocycles. The predicted molar refractivity (Wildman–Crippen MR) is 137 cm³/mol. The minimum Gasteiger partial charge on any atom is -0.293 e. The van der Waals surface area contributed by atoms with Crippen molar-refractivity contribution in [2.75, 3.05) is 4.90 Å². The number of nitrogens with zero attached hydrogens (tertiary/aromatic N) is 1. The van der Waals surface area contributed by atoms with E-state index >= 15 is 0 Å². The molecule has 0 radical (unpaired) electrons. The third kappa shape index (κ3) is 3.42. The van der Waals surface area contributed by atoms with E-state index in [1.54, 1.807) is 28.7 Å². The van der Waals surface area contributed by atoms with E-state index in [1.807, 2.05) is 72.8 Å². The molecule has 0 saturated heterocycles. The van der Waals surface area contributed by atoms with Crippen molar-refractivity contribution in [2.24, 2.45) is 0 Å². The normalized spacial score (nSPS) is 12.9. The Labute approximate surface area is 198 Å². The molecule has 5 heteroatoms. The summed E-state index contributed by atoms with van der Waals surface area (Å²) in [6.07, 6.45) is 1.71. The first-order chi connectivity index (χ1) is 16.2. The fourth-order valence-electron chi connectivity index (χ4n) is 4.18. The van der Waals surface area contributed by atoms with Crippen LogP contribution in [0.25, 0.3) is 16.8 Å². The van der Waals surface area contributed by atoms with E-state index in [9.17, 15) is 9.59 Å². The van der Waals surface area contributed by atoms with Crippen molar-refractivity contribution >= 4 is 66.8 Å². The van der Waals surface area contributed by atoms with Crippen LogP contribution in [0.5, 0.6) is 0 Å². The molecule has 0 atom stereocenters. The molecule has 2 heterocycles. The number of benzene rings is 3. The number of allylic oxidation sites excluding steroid dienone is 1. The van der Waals surface area contributed by atoms with Crippen molar-refractivity contribution in [3.63, 3.8) is 0 Å². The molecular weight excluding hydrogens is 446 g/mol. The van der Waals surface area contributed by atoms with Gasteiger partial charge in [-0.2, -0.15) is 0 Å². The summed E-state index contributed by atoms with van der Waals surface area (Å²) in [7, 11) is 0. The van der Waals surface area contributed by atoms with Gasteiger partial charge < -0.3 is 0 Å². The third-order valence-corrected chi connectivity index (χ3v) is 7.49. The Morgan fingerprint density at radius 1 is 0.636 bits per heavy atom. The van der Waals surface area contributed by atoms with Crippen molar-refractivity contribution in [2.45, 2.75) is 0 Å². The van der Waals surface area contributed by atoms with Gasteiger partial charge in [-0.1, -0.05) is 36.4 Å². The van der Waals surface area contributed by atoms with E-state index in [0.717, 1.165) is 32.0 Å². The quantitative estimate of drug-likeness (QED) is 0.201. The maximum Gasteiger partial charge on any atom is 0.197 e. The highest BCUT2D eigenvalue weighted by atomic mass is 32.1. The van der Waals surface area contributed by atoms with Crippen LogP contribution in [0.15, 0.2) is 101 Å².